The highest BCUT2D eigenvalue weighted by Gasteiger charge is 2.78. The van der Waals surface area contributed by atoms with Gasteiger partial charge in [0, 0.05) is 5.69 Å². The molecule has 3 aliphatic rings. The number of carbonyl (C=O) groups excluding carboxylic acids is 3. The van der Waals surface area contributed by atoms with Crippen LogP contribution in [0.3, 0.4) is 0 Å². The SMILES string of the molecule is CCOc1ccc(NC(=O)[C@H]2[C@H]3C(=O)N([C@@H](CO)Cc4ccccc4)C(C(=O)NCn4nnc5ccccc54)C34CC[C@]2(C)O4)cc1. The molecule has 3 aliphatic heterocycles. The number of rotatable bonds is 11. The van der Waals surface area contributed by atoms with Crippen molar-refractivity contribution in [3.05, 3.63) is 84.4 Å². The topological polar surface area (TPSA) is 148 Å². The molecule has 244 valence electrons. The Morgan fingerprint density at radius 3 is 2.53 bits per heavy atom. The first-order chi connectivity index (χ1) is 22.8. The van der Waals surface area contributed by atoms with Crippen molar-refractivity contribution < 1.29 is 29.0 Å². The van der Waals surface area contributed by atoms with Gasteiger partial charge in [-0.25, -0.2) is 4.68 Å². The molecule has 4 aromatic rings. The van der Waals surface area contributed by atoms with Gasteiger partial charge in [0.1, 0.15) is 29.6 Å². The lowest BCUT2D eigenvalue weighted by atomic mass is 9.66. The molecular weight excluding hydrogens is 600 g/mol. The Labute approximate surface area is 272 Å². The fraction of sp³-hybridized carbons (Fsp3) is 0.400. The van der Waals surface area contributed by atoms with Gasteiger partial charge in [0.25, 0.3) is 0 Å². The van der Waals surface area contributed by atoms with E-state index in [1.807, 2.05) is 68.4 Å². The number of hydrogen-bond donors (Lipinski definition) is 3. The summed E-state index contributed by atoms with van der Waals surface area (Å²) in [5, 5.41) is 25.0. The number of fused-ring (bicyclic) bond motifs is 2. The number of anilines is 1. The molecule has 3 N–H and O–H groups in total. The lowest BCUT2D eigenvalue weighted by molar-refractivity contribution is -0.149. The molecule has 3 fully saturated rings. The molecule has 12 nitrogen and oxygen atoms in total. The quantitative estimate of drug-likeness (QED) is 0.227. The molecule has 3 aromatic carbocycles. The molecular formula is C35H38N6O6. The zero-order valence-electron chi connectivity index (χ0n) is 26.3. The number of para-hydroxylation sites is 1. The van der Waals surface area contributed by atoms with Gasteiger partial charge in [-0.15, -0.1) is 5.10 Å². The number of likely N-dealkylation sites (tertiary alicyclic amines) is 1. The number of amides is 3. The summed E-state index contributed by atoms with van der Waals surface area (Å²) in [7, 11) is 0. The summed E-state index contributed by atoms with van der Waals surface area (Å²) in [4.78, 5) is 44.5. The minimum atomic E-state index is -1.26. The van der Waals surface area contributed by atoms with Crippen molar-refractivity contribution in [1.82, 2.24) is 25.2 Å². The Kier molecular flexibility index (Phi) is 7.93. The second-order valence-corrected chi connectivity index (χ2v) is 12.7. The fourth-order valence-corrected chi connectivity index (χ4v) is 7.90. The van der Waals surface area contributed by atoms with Gasteiger partial charge < -0.3 is 30.1 Å². The Hall–Kier alpha value is -4.81. The molecule has 0 aliphatic carbocycles. The molecule has 6 atom stereocenters. The van der Waals surface area contributed by atoms with Crippen LogP contribution in [0.2, 0.25) is 0 Å². The smallest absolute Gasteiger partial charge is 0.247 e. The predicted molar refractivity (Wildman–Crippen MR) is 172 cm³/mol. The van der Waals surface area contributed by atoms with E-state index in [2.05, 4.69) is 20.9 Å². The first-order valence-electron chi connectivity index (χ1n) is 16.0. The number of nitrogens with zero attached hydrogens (tertiary/aromatic N) is 4. The van der Waals surface area contributed by atoms with Crippen molar-refractivity contribution in [1.29, 1.82) is 0 Å². The standard InChI is InChI=1S/C35H38N6O6/c1-3-46-25-15-13-23(14-16-25)37-31(43)28-29-33(45)41(24(20-42)19-22-9-5-4-6-10-22)30(35(29)18-17-34(28,2)47-35)32(44)36-21-40-27-12-8-7-11-26(27)38-39-40/h4-16,24,28-30,42H,3,17-21H2,1-2H3,(H,36,44)(H,37,43)/t24-,28-,29+,30?,34+,35?/m1/s1. The van der Waals surface area contributed by atoms with Gasteiger partial charge in [0.15, 0.2) is 0 Å². The normalized spacial score (nSPS) is 26.7. The predicted octanol–water partition coefficient (Wildman–Crippen LogP) is 2.91. The van der Waals surface area contributed by atoms with Crippen molar-refractivity contribution in [3.63, 3.8) is 0 Å². The van der Waals surface area contributed by atoms with Crippen LogP contribution in [0.1, 0.15) is 32.3 Å². The Morgan fingerprint density at radius 1 is 1.04 bits per heavy atom. The summed E-state index contributed by atoms with van der Waals surface area (Å²) >= 11 is 0. The van der Waals surface area contributed by atoms with E-state index in [1.165, 1.54) is 4.90 Å². The fourth-order valence-electron chi connectivity index (χ4n) is 7.90. The van der Waals surface area contributed by atoms with Crippen molar-refractivity contribution in [2.75, 3.05) is 18.5 Å². The molecule has 0 radical (unpaired) electrons. The van der Waals surface area contributed by atoms with Crippen LogP contribution in [0.5, 0.6) is 5.75 Å². The highest BCUT2D eigenvalue weighted by molar-refractivity contribution is 6.02. The summed E-state index contributed by atoms with van der Waals surface area (Å²) in [5.74, 6) is -2.26. The van der Waals surface area contributed by atoms with Crippen molar-refractivity contribution in [2.24, 2.45) is 11.8 Å². The van der Waals surface area contributed by atoms with Gasteiger partial charge in [0.2, 0.25) is 17.7 Å². The number of nitrogens with one attached hydrogen (secondary N) is 2. The van der Waals surface area contributed by atoms with E-state index < -0.39 is 41.0 Å². The van der Waals surface area contributed by atoms with Crippen molar-refractivity contribution in [3.8, 4) is 5.75 Å². The van der Waals surface area contributed by atoms with E-state index in [1.54, 1.807) is 28.9 Å². The van der Waals surface area contributed by atoms with E-state index >= 15 is 0 Å². The summed E-state index contributed by atoms with van der Waals surface area (Å²) in [5.41, 5.74) is 0.685. The lowest BCUT2D eigenvalue weighted by Gasteiger charge is -2.37. The molecule has 2 bridgehead atoms. The molecule has 1 aromatic heterocycles. The van der Waals surface area contributed by atoms with Crippen LogP contribution < -0.4 is 15.4 Å². The number of aromatic nitrogens is 3. The highest BCUT2D eigenvalue weighted by atomic mass is 16.5. The van der Waals surface area contributed by atoms with Crippen LogP contribution in [-0.4, -0.2) is 79.2 Å². The maximum Gasteiger partial charge on any atom is 0.247 e. The van der Waals surface area contributed by atoms with Crippen LogP contribution >= 0.6 is 0 Å². The van der Waals surface area contributed by atoms with Gasteiger partial charge in [-0.3, -0.25) is 14.4 Å². The Bertz CT molecular complexity index is 1800. The van der Waals surface area contributed by atoms with Gasteiger partial charge in [-0.1, -0.05) is 47.7 Å². The minimum absolute atomic E-state index is 0.0139. The maximum absolute atomic E-state index is 14.6. The monoisotopic (exact) mass is 638 g/mol. The Balaban J connectivity index is 1.22. The molecule has 4 heterocycles. The van der Waals surface area contributed by atoms with Gasteiger partial charge in [0.05, 0.1) is 42.2 Å². The zero-order chi connectivity index (χ0) is 32.8. The van der Waals surface area contributed by atoms with Crippen LogP contribution in [0.15, 0.2) is 78.9 Å². The number of hydrogen-bond acceptors (Lipinski definition) is 8. The van der Waals surface area contributed by atoms with Gasteiger partial charge in [-0.2, -0.15) is 0 Å². The lowest BCUT2D eigenvalue weighted by Crippen LogP contribution is -2.58. The van der Waals surface area contributed by atoms with Crippen LogP contribution in [0.25, 0.3) is 11.0 Å². The number of carbonyl (C=O) groups is 3. The average Bonchev–Trinajstić information content (AvgIpc) is 3.79. The molecule has 3 saturated heterocycles. The second-order valence-electron chi connectivity index (χ2n) is 12.7. The first-order valence-corrected chi connectivity index (χ1v) is 16.0. The van der Waals surface area contributed by atoms with Gasteiger partial charge in [-0.05, 0) is 75.1 Å². The highest BCUT2D eigenvalue weighted by Crippen LogP contribution is 2.63. The van der Waals surface area contributed by atoms with E-state index in [4.69, 9.17) is 9.47 Å². The third-order valence-corrected chi connectivity index (χ3v) is 9.92. The summed E-state index contributed by atoms with van der Waals surface area (Å²) in [6, 6.07) is 22.2. The molecule has 2 unspecified atom stereocenters. The number of benzene rings is 3. The third kappa shape index (κ3) is 5.21. The number of ether oxygens (including phenoxy) is 2. The van der Waals surface area contributed by atoms with Crippen LogP contribution in [0, 0.1) is 11.8 Å². The molecule has 7 rings (SSSR count). The molecule has 12 heteroatoms. The first kappa shape index (κ1) is 30.8. The average molecular weight is 639 g/mol. The molecule has 3 amide bonds. The number of aliphatic hydroxyl groups is 1. The van der Waals surface area contributed by atoms with E-state index in [0.717, 1.165) is 11.1 Å². The maximum atomic E-state index is 14.6. The Morgan fingerprint density at radius 2 is 1.79 bits per heavy atom. The van der Waals surface area contributed by atoms with Crippen LogP contribution in [0.4, 0.5) is 5.69 Å². The summed E-state index contributed by atoms with van der Waals surface area (Å²) < 4.78 is 13.9. The summed E-state index contributed by atoms with van der Waals surface area (Å²) in [6.45, 7) is 3.91. The number of aliphatic hydroxyl groups excluding tert-OH is 1. The molecule has 1 spiro atoms. The van der Waals surface area contributed by atoms with E-state index in [9.17, 15) is 19.5 Å². The van der Waals surface area contributed by atoms with E-state index in [-0.39, 0.29) is 25.1 Å². The molecule has 47 heavy (non-hydrogen) atoms. The third-order valence-electron chi connectivity index (χ3n) is 9.92. The van der Waals surface area contributed by atoms with Crippen molar-refractivity contribution in [2.45, 2.75) is 63.1 Å². The van der Waals surface area contributed by atoms with Gasteiger partial charge >= 0.3 is 0 Å². The van der Waals surface area contributed by atoms with E-state index in [0.29, 0.717) is 42.8 Å². The minimum Gasteiger partial charge on any atom is -0.494 e. The van der Waals surface area contributed by atoms with Crippen molar-refractivity contribution >= 4 is 34.4 Å². The zero-order valence-corrected chi connectivity index (χ0v) is 26.3. The summed E-state index contributed by atoms with van der Waals surface area (Å²) in [6.07, 6.45) is 1.23. The molecule has 0 saturated carbocycles. The second kappa shape index (κ2) is 12.1. The van der Waals surface area contributed by atoms with Crippen LogP contribution in [-0.2, 0) is 32.2 Å². The largest absolute Gasteiger partial charge is 0.494 e.